The van der Waals surface area contributed by atoms with Crippen molar-refractivity contribution in [3.8, 4) is 11.8 Å². The maximum Gasteiger partial charge on any atom is 0.137 e. The molecule has 0 saturated carbocycles. The summed E-state index contributed by atoms with van der Waals surface area (Å²) in [5, 5.41) is 8.75. The lowest BCUT2D eigenvalue weighted by Crippen LogP contribution is -1.99. The Morgan fingerprint density at radius 2 is 2.20 bits per heavy atom. The first-order chi connectivity index (χ1) is 7.27. The van der Waals surface area contributed by atoms with Gasteiger partial charge in [-0.2, -0.15) is 5.26 Å². The van der Waals surface area contributed by atoms with Crippen molar-refractivity contribution in [2.45, 2.75) is 26.2 Å². The fraction of sp³-hybridized carbons (Fsp3) is 0.417. The summed E-state index contributed by atoms with van der Waals surface area (Å²) in [5.74, 6) is 0.0578. The average Bonchev–Trinajstić information content (AvgIpc) is 2.26. The monoisotopic (exact) mass is 207 g/mol. The van der Waals surface area contributed by atoms with Crippen LogP contribution in [0.1, 0.15) is 31.7 Å². The molecule has 0 spiro atoms. The van der Waals surface area contributed by atoms with Crippen molar-refractivity contribution in [1.29, 1.82) is 5.26 Å². The first-order valence-corrected chi connectivity index (χ1v) is 5.10. The molecule has 0 amide bonds. The van der Waals surface area contributed by atoms with Gasteiger partial charge in [0, 0.05) is 0 Å². The molecule has 80 valence electrons. The van der Waals surface area contributed by atoms with E-state index in [4.69, 9.17) is 10.00 Å². The topological polar surface area (TPSA) is 33.0 Å². The summed E-state index contributed by atoms with van der Waals surface area (Å²) in [6.07, 6.45) is 3.18. The van der Waals surface area contributed by atoms with Crippen LogP contribution in [-0.2, 0) is 0 Å². The van der Waals surface area contributed by atoms with Crippen molar-refractivity contribution in [2.75, 3.05) is 6.61 Å². The summed E-state index contributed by atoms with van der Waals surface area (Å²) in [6.45, 7) is 2.69. The van der Waals surface area contributed by atoms with Crippen molar-refractivity contribution in [1.82, 2.24) is 0 Å². The summed E-state index contributed by atoms with van der Waals surface area (Å²) in [7, 11) is 0. The van der Waals surface area contributed by atoms with Crippen LogP contribution >= 0.6 is 0 Å². The molecule has 0 unspecified atom stereocenters. The zero-order chi connectivity index (χ0) is 11.1. The van der Waals surface area contributed by atoms with Gasteiger partial charge < -0.3 is 4.74 Å². The number of rotatable bonds is 5. The van der Waals surface area contributed by atoms with Gasteiger partial charge in [-0.1, -0.05) is 19.8 Å². The maximum atomic E-state index is 12.8. The number of unbranched alkanes of at least 4 members (excludes halogenated alkanes) is 2. The lowest BCUT2D eigenvalue weighted by atomic mass is 10.2. The first kappa shape index (κ1) is 11.5. The third kappa shape index (κ3) is 3.59. The number of nitriles is 1. The molecular weight excluding hydrogens is 193 g/mol. The molecule has 1 rings (SSSR count). The Labute approximate surface area is 89.3 Å². The van der Waals surface area contributed by atoms with Gasteiger partial charge in [0.05, 0.1) is 12.2 Å². The Morgan fingerprint density at radius 1 is 1.40 bits per heavy atom. The van der Waals surface area contributed by atoms with Crippen molar-refractivity contribution >= 4 is 0 Å². The predicted octanol–water partition coefficient (Wildman–Crippen LogP) is 3.27. The molecule has 15 heavy (non-hydrogen) atoms. The normalized spacial score (nSPS) is 9.67. The SMILES string of the molecule is CCCCCOc1ccc(F)cc1C#N. The van der Waals surface area contributed by atoms with Gasteiger partial charge in [0.2, 0.25) is 0 Å². The Morgan fingerprint density at radius 3 is 2.87 bits per heavy atom. The standard InChI is InChI=1S/C12H14FNO/c1-2-3-4-7-15-12-6-5-11(13)8-10(12)9-14/h5-6,8H,2-4,7H2,1H3. The number of hydrogen-bond acceptors (Lipinski definition) is 2. The molecular formula is C12H14FNO. The van der Waals surface area contributed by atoms with Gasteiger partial charge in [0.15, 0.2) is 0 Å². The number of benzene rings is 1. The van der Waals surface area contributed by atoms with Crippen molar-refractivity contribution in [3.63, 3.8) is 0 Å². The molecule has 0 aliphatic carbocycles. The summed E-state index contributed by atoms with van der Waals surface area (Å²) in [4.78, 5) is 0. The molecule has 0 N–H and O–H groups in total. The third-order valence-corrected chi connectivity index (χ3v) is 2.07. The highest BCUT2D eigenvalue weighted by molar-refractivity contribution is 5.42. The van der Waals surface area contributed by atoms with Crippen molar-refractivity contribution in [3.05, 3.63) is 29.6 Å². The summed E-state index contributed by atoms with van der Waals surface area (Å²) >= 11 is 0. The number of nitrogens with zero attached hydrogens (tertiary/aromatic N) is 1. The highest BCUT2D eigenvalue weighted by Crippen LogP contribution is 2.18. The van der Waals surface area contributed by atoms with E-state index in [1.807, 2.05) is 6.07 Å². The fourth-order valence-electron chi connectivity index (χ4n) is 1.25. The van der Waals surface area contributed by atoms with Crippen molar-refractivity contribution in [2.24, 2.45) is 0 Å². The number of halogens is 1. The quantitative estimate of drug-likeness (QED) is 0.694. The molecule has 0 aliphatic heterocycles. The average molecular weight is 207 g/mol. The zero-order valence-electron chi connectivity index (χ0n) is 8.79. The molecule has 1 aromatic rings. The number of hydrogen-bond donors (Lipinski definition) is 0. The van der Waals surface area contributed by atoms with Crippen LogP contribution in [0.2, 0.25) is 0 Å². The second kappa shape index (κ2) is 6.02. The highest BCUT2D eigenvalue weighted by atomic mass is 19.1. The summed E-state index contributed by atoms with van der Waals surface area (Å²) < 4.78 is 18.2. The minimum Gasteiger partial charge on any atom is -0.492 e. The molecule has 0 bridgehead atoms. The minimum atomic E-state index is -0.410. The van der Waals surface area contributed by atoms with Crippen LogP contribution in [0, 0.1) is 17.1 Å². The van der Waals surface area contributed by atoms with E-state index in [0.29, 0.717) is 12.4 Å². The summed E-state index contributed by atoms with van der Waals surface area (Å²) in [6, 6.07) is 5.90. The molecule has 0 fully saturated rings. The zero-order valence-corrected chi connectivity index (χ0v) is 8.79. The smallest absolute Gasteiger partial charge is 0.137 e. The molecule has 2 nitrogen and oxygen atoms in total. The number of ether oxygens (including phenoxy) is 1. The van der Waals surface area contributed by atoms with Crippen LogP contribution in [-0.4, -0.2) is 6.61 Å². The van der Waals surface area contributed by atoms with Crippen LogP contribution < -0.4 is 4.74 Å². The van der Waals surface area contributed by atoms with E-state index in [2.05, 4.69) is 6.92 Å². The third-order valence-electron chi connectivity index (χ3n) is 2.07. The molecule has 0 radical (unpaired) electrons. The van der Waals surface area contributed by atoms with Gasteiger partial charge >= 0.3 is 0 Å². The largest absolute Gasteiger partial charge is 0.492 e. The molecule has 0 heterocycles. The Hall–Kier alpha value is -1.56. The van der Waals surface area contributed by atoms with Gasteiger partial charge in [0.1, 0.15) is 17.6 Å². The van der Waals surface area contributed by atoms with Gasteiger partial charge in [-0.05, 0) is 24.6 Å². The second-order valence-electron chi connectivity index (χ2n) is 3.31. The fourth-order valence-corrected chi connectivity index (χ4v) is 1.25. The van der Waals surface area contributed by atoms with Crippen LogP contribution in [0.15, 0.2) is 18.2 Å². The second-order valence-corrected chi connectivity index (χ2v) is 3.31. The van der Waals surface area contributed by atoms with Crippen LogP contribution in [0.3, 0.4) is 0 Å². The van der Waals surface area contributed by atoms with E-state index in [9.17, 15) is 4.39 Å². The lowest BCUT2D eigenvalue weighted by Gasteiger charge is -2.06. The molecule has 1 aromatic carbocycles. The molecule has 0 aromatic heterocycles. The van der Waals surface area contributed by atoms with E-state index in [1.165, 1.54) is 18.2 Å². The summed E-state index contributed by atoms with van der Waals surface area (Å²) in [5.41, 5.74) is 0.256. The van der Waals surface area contributed by atoms with Gasteiger partial charge in [-0.25, -0.2) is 4.39 Å². The highest BCUT2D eigenvalue weighted by Gasteiger charge is 2.04. The predicted molar refractivity (Wildman–Crippen MR) is 56.1 cm³/mol. The maximum absolute atomic E-state index is 12.8. The first-order valence-electron chi connectivity index (χ1n) is 5.10. The molecule has 0 saturated heterocycles. The van der Waals surface area contributed by atoms with Gasteiger partial charge in [0.25, 0.3) is 0 Å². The van der Waals surface area contributed by atoms with E-state index in [-0.39, 0.29) is 5.56 Å². The minimum absolute atomic E-state index is 0.256. The van der Waals surface area contributed by atoms with Gasteiger partial charge in [-0.15, -0.1) is 0 Å². The molecule has 3 heteroatoms. The lowest BCUT2D eigenvalue weighted by molar-refractivity contribution is 0.305. The van der Waals surface area contributed by atoms with Crippen LogP contribution in [0.4, 0.5) is 4.39 Å². The van der Waals surface area contributed by atoms with Crippen LogP contribution in [0.5, 0.6) is 5.75 Å². The molecule has 0 aliphatic rings. The van der Waals surface area contributed by atoms with E-state index in [0.717, 1.165) is 19.3 Å². The van der Waals surface area contributed by atoms with Crippen molar-refractivity contribution < 1.29 is 9.13 Å². The van der Waals surface area contributed by atoms with E-state index in [1.54, 1.807) is 0 Å². The van der Waals surface area contributed by atoms with E-state index >= 15 is 0 Å². The van der Waals surface area contributed by atoms with Crippen LogP contribution in [0.25, 0.3) is 0 Å². The van der Waals surface area contributed by atoms with Gasteiger partial charge in [-0.3, -0.25) is 0 Å². The molecule has 0 atom stereocenters. The Balaban J connectivity index is 2.57. The van der Waals surface area contributed by atoms with E-state index < -0.39 is 5.82 Å². The Kier molecular flexibility index (Phi) is 4.62. The Bertz CT molecular complexity index is 357.